The van der Waals surface area contributed by atoms with Crippen LogP contribution in [0.15, 0.2) is 36.9 Å². The zero-order valence-electron chi connectivity index (χ0n) is 11.4. The highest BCUT2D eigenvalue weighted by Gasteiger charge is 2.32. The smallest absolute Gasteiger partial charge is 0.253 e. The zero-order chi connectivity index (χ0) is 13.9. The maximum atomic E-state index is 12.9. The number of benzene rings is 1. The summed E-state index contributed by atoms with van der Waals surface area (Å²) < 4.78 is 12.9. The van der Waals surface area contributed by atoms with Gasteiger partial charge in [-0.15, -0.1) is 6.58 Å². The molecule has 0 bridgehead atoms. The van der Waals surface area contributed by atoms with Gasteiger partial charge in [-0.05, 0) is 48.9 Å². The number of likely N-dealkylation sites (tertiary alicyclic amines) is 1. The molecule has 1 fully saturated rings. The van der Waals surface area contributed by atoms with E-state index in [-0.39, 0.29) is 17.1 Å². The van der Waals surface area contributed by atoms with E-state index in [1.54, 1.807) is 12.1 Å². The Kier molecular flexibility index (Phi) is 4.03. The van der Waals surface area contributed by atoms with Crippen molar-refractivity contribution in [2.45, 2.75) is 26.2 Å². The summed E-state index contributed by atoms with van der Waals surface area (Å²) in [4.78, 5) is 14.3. The van der Waals surface area contributed by atoms with Gasteiger partial charge < -0.3 is 4.90 Å². The van der Waals surface area contributed by atoms with Crippen LogP contribution in [0.25, 0.3) is 0 Å². The first-order valence-corrected chi connectivity index (χ1v) is 6.70. The summed E-state index contributed by atoms with van der Waals surface area (Å²) >= 11 is 0. The summed E-state index contributed by atoms with van der Waals surface area (Å²) in [6, 6.07) is 5.77. The highest BCUT2D eigenvalue weighted by Crippen LogP contribution is 2.33. The van der Waals surface area contributed by atoms with Gasteiger partial charge in [-0.2, -0.15) is 0 Å². The Balaban J connectivity index is 2.11. The molecule has 0 aliphatic carbocycles. The molecule has 1 aromatic rings. The minimum atomic E-state index is -0.313. The second-order valence-electron chi connectivity index (χ2n) is 5.64. The summed E-state index contributed by atoms with van der Waals surface area (Å²) in [6.07, 6.45) is 4.97. The molecule has 0 radical (unpaired) electrons. The van der Waals surface area contributed by atoms with E-state index >= 15 is 0 Å². The van der Waals surface area contributed by atoms with Crippen LogP contribution in [0.4, 0.5) is 4.39 Å². The number of hydrogen-bond acceptors (Lipinski definition) is 1. The molecule has 0 N–H and O–H groups in total. The van der Waals surface area contributed by atoms with Gasteiger partial charge in [0, 0.05) is 18.7 Å². The number of amides is 1. The maximum absolute atomic E-state index is 12.9. The second-order valence-corrected chi connectivity index (χ2v) is 5.64. The Morgan fingerprint density at radius 1 is 1.47 bits per heavy atom. The molecule has 1 saturated heterocycles. The number of carbonyl (C=O) groups excluding carboxylic acids is 1. The lowest BCUT2D eigenvalue weighted by Gasteiger charge is -2.40. The van der Waals surface area contributed by atoms with E-state index in [0.717, 1.165) is 32.4 Å². The fourth-order valence-electron chi connectivity index (χ4n) is 2.78. The third-order valence-electron chi connectivity index (χ3n) is 3.80. The van der Waals surface area contributed by atoms with Crippen LogP contribution in [0, 0.1) is 11.2 Å². The molecule has 19 heavy (non-hydrogen) atoms. The molecule has 0 spiro atoms. The van der Waals surface area contributed by atoms with Crippen LogP contribution in [0.2, 0.25) is 0 Å². The molecular formula is C16H20FNO. The normalized spacial score (nSPS) is 23.2. The fourth-order valence-corrected chi connectivity index (χ4v) is 2.78. The summed E-state index contributed by atoms with van der Waals surface area (Å²) in [6.45, 7) is 7.51. The van der Waals surface area contributed by atoms with Gasteiger partial charge >= 0.3 is 0 Å². The average Bonchev–Trinajstić information content (AvgIpc) is 2.39. The standard InChI is InChI=1S/C16H20FNO/c1-3-9-16(2)10-4-11-18(12-16)15(19)13-5-7-14(17)8-6-13/h3,5-8H,1,4,9-12H2,2H3/t16-/m1/s1. The van der Waals surface area contributed by atoms with Crippen molar-refractivity contribution in [3.63, 3.8) is 0 Å². The van der Waals surface area contributed by atoms with Crippen LogP contribution in [0.1, 0.15) is 36.5 Å². The van der Waals surface area contributed by atoms with Crippen molar-refractivity contribution in [2.75, 3.05) is 13.1 Å². The molecule has 1 amide bonds. The van der Waals surface area contributed by atoms with E-state index in [9.17, 15) is 9.18 Å². The molecule has 0 aromatic heterocycles. The van der Waals surface area contributed by atoms with E-state index in [0.29, 0.717) is 5.56 Å². The molecule has 1 aromatic carbocycles. The van der Waals surface area contributed by atoms with Crippen molar-refractivity contribution in [2.24, 2.45) is 5.41 Å². The lowest BCUT2D eigenvalue weighted by Crippen LogP contribution is -2.44. The van der Waals surface area contributed by atoms with Gasteiger partial charge in [0.25, 0.3) is 5.91 Å². The predicted molar refractivity (Wildman–Crippen MR) is 74.5 cm³/mol. The summed E-state index contributed by atoms with van der Waals surface area (Å²) in [5.41, 5.74) is 0.680. The molecule has 3 heteroatoms. The SMILES string of the molecule is C=CC[C@]1(C)CCCN(C(=O)c2ccc(F)cc2)C1. The van der Waals surface area contributed by atoms with Crippen LogP contribution in [0.5, 0.6) is 0 Å². The van der Waals surface area contributed by atoms with Gasteiger partial charge in [-0.25, -0.2) is 4.39 Å². The van der Waals surface area contributed by atoms with E-state index in [1.165, 1.54) is 12.1 Å². The van der Waals surface area contributed by atoms with Crippen molar-refractivity contribution in [1.82, 2.24) is 4.90 Å². The van der Waals surface area contributed by atoms with Crippen LogP contribution in [0.3, 0.4) is 0 Å². The quantitative estimate of drug-likeness (QED) is 0.761. The van der Waals surface area contributed by atoms with Crippen molar-refractivity contribution < 1.29 is 9.18 Å². The first-order valence-electron chi connectivity index (χ1n) is 6.70. The number of carbonyl (C=O) groups is 1. The Bertz CT molecular complexity index is 468. The van der Waals surface area contributed by atoms with Crippen LogP contribution in [-0.4, -0.2) is 23.9 Å². The molecule has 102 valence electrons. The van der Waals surface area contributed by atoms with Crippen LogP contribution in [-0.2, 0) is 0 Å². The molecule has 0 saturated carbocycles. The second kappa shape index (κ2) is 5.55. The first kappa shape index (κ1) is 13.8. The fraction of sp³-hybridized carbons (Fsp3) is 0.438. The summed E-state index contributed by atoms with van der Waals surface area (Å²) in [5.74, 6) is -0.318. The van der Waals surface area contributed by atoms with Crippen molar-refractivity contribution in [3.8, 4) is 0 Å². The van der Waals surface area contributed by atoms with Crippen molar-refractivity contribution >= 4 is 5.91 Å². The predicted octanol–water partition coefficient (Wildman–Crippen LogP) is 3.64. The van der Waals surface area contributed by atoms with Gasteiger partial charge in [-0.3, -0.25) is 4.79 Å². The Morgan fingerprint density at radius 2 is 2.16 bits per heavy atom. The number of allylic oxidation sites excluding steroid dienone is 1. The number of nitrogens with zero attached hydrogens (tertiary/aromatic N) is 1. The maximum Gasteiger partial charge on any atom is 0.253 e. The highest BCUT2D eigenvalue weighted by molar-refractivity contribution is 5.94. The Morgan fingerprint density at radius 3 is 2.79 bits per heavy atom. The van der Waals surface area contributed by atoms with E-state index in [1.807, 2.05) is 11.0 Å². The molecular weight excluding hydrogens is 241 g/mol. The van der Waals surface area contributed by atoms with E-state index < -0.39 is 0 Å². The van der Waals surface area contributed by atoms with Crippen molar-refractivity contribution in [1.29, 1.82) is 0 Å². The topological polar surface area (TPSA) is 20.3 Å². The monoisotopic (exact) mass is 261 g/mol. The Labute approximate surface area is 113 Å². The minimum absolute atomic E-state index is 0.00464. The largest absolute Gasteiger partial charge is 0.338 e. The first-order chi connectivity index (χ1) is 9.04. The Hall–Kier alpha value is -1.64. The molecule has 2 nitrogen and oxygen atoms in total. The lowest BCUT2D eigenvalue weighted by molar-refractivity contribution is 0.0556. The lowest BCUT2D eigenvalue weighted by atomic mass is 9.79. The van der Waals surface area contributed by atoms with Gasteiger partial charge in [0.2, 0.25) is 0 Å². The third kappa shape index (κ3) is 3.22. The van der Waals surface area contributed by atoms with Crippen LogP contribution >= 0.6 is 0 Å². The van der Waals surface area contributed by atoms with Gasteiger partial charge in [0.1, 0.15) is 5.82 Å². The minimum Gasteiger partial charge on any atom is -0.338 e. The number of rotatable bonds is 3. The third-order valence-corrected chi connectivity index (χ3v) is 3.80. The molecule has 1 atom stereocenters. The zero-order valence-corrected chi connectivity index (χ0v) is 11.4. The number of hydrogen-bond donors (Lipinski definition) is 0. The number of piperidine rings is 1. The van der Waals surface area contributed by atoms with E-state index in [4.69, 9.17) is 0 Å². The molecule has 1 heterocycles. The van der Waals surface area contributed by atoms with Crippen molar-refractivity contribution in [3.05, 3.63) is 48.3 Å². The molecule has 1 aliphatic rings. The molecule has 1 aliphatic heterocycles. The number of halogens is 1. The molecule has 2 rings (SSSR count). The van der Waals surface area contributed by atoms with Gasteiger partial charge in [0.15, 0.2) is 0 Å². The average molecular weight is 261 g/mol. The van der Waals surface area contributed by atoms with E-state index in [2.05, 4.69) is 13.5 Å². The van der Waals surface area contributed by atoms with Crippen LogP contribution < -0.4 is 0 Å². The highest BCUT2D eigenvalue weighted by atomic mass is 19.1. The summed E-state index contributed by atoms with van der Waals surface area (Å²) in [5, 5.41) is 0. The van der Waals surface area contributed by atoms with Gasteiger partial charge in [0.05, 0.1) is 0 Å². The summed E-state index contributed by atoms with van der Waals surface area (Å²) in [7, 11) is 0. The van der Waals surface area contributed by atoms with Gasteiger partial charge in [-0.1, -0.05) is 13.0 Å². The molecule has 0 unspecified atom stereocenters.